The Morgan fingerprint density at radius 2 is 1.81 bits per heavy atom. The summed E-state index contributed by atoms with van der Waals surface area (Å²) in [5, 5.41) is 3.60. The number of hydrogen-bond donors (Lipinski definition) is 1. The molecule has 0 aliphatic heterocycles. The molecule has 1 saturated carbocycles. The third-order valence-electron chi connectivity index (χ3n) is 5.08. The van der Waals surface area contributed by atoms with Gasteiger partial charge in [-0.1, -0.05) is 42.5 Å². The van der Waals surface area contributed by atoms with E-state index in [1.807, 2.05) is 18.9 Å². The SMILES string of the molecule is C[C@H](C(=O)N(C)C1CCCCC1)N(C)CC(=O)Nc1ccc(Cl)c(Cl)c1. The number of halogens is 2. The van der Waals surface area contributed by atoms with Gasteiger partial charge in [0.05, 0.1) is 22.6 Å². The van der Waals surface area contributed by atoms with Gasteiger partial charge in [-0.05, 0) is 45.0 Å². The molecule has 0 heterocycles. The second-order valence-corrected chi connectivity index (χ2v) is 7.82. The minimum atomic E-state index is -0.360. The van der Waals surface area contributed by atoms with Crippen LogP contribution in [0.25, 0.3) is 0 Å². The van der Waals surface area contributed by atoms with Crippen LogP contribution in [0.2, 0.25) is 10.0 Å². The Bertz CT molecular complexity index is 648. The van der Waals surface area contributed by atoms with Gasteiger partial charge in [-0.25, -0.2) is 0 Å². The number of carbonyl (C=O) groups excluding carboxylic acids is 2. The van der Waals surface area contributed by atoms with Gasteiger partial charge in [-0.15, -0.1) is 0 Å². The van der Waals surface area contributed by atoms with Crippen LogP contribution in [0.5, 0.6) is 0 Å². The van der Waals surface area contributed by atoms with Crippen LogP contribution >= 0.6 is 23.2 Å². The summed E-state index contributed by atoms with van der Waals surface area (Å²) in [4.78, 5) is 28.6. The zero-order valence-electron chi connectivity index (χ0n) is 15.6. The first-order valence-electron chi connectivity index (χ1n) is 9.01. The van der Waals surface area contributed by atoms with Crippen molar-refractivity contribution in [2.75, 3.05) is 26.0 Å². The standard InChI is InChI=1S/C19H27Cl2N3O2/c1-13(19(26)24(3)15-7-5-4-6-8-15)23(2)12-18(25)22-14-9-10-16(20)17(21)11-14/h9-11,13,15H,4-8,12H2,1-3H3,(H,22,25)/t13-/m1/s1. The van der Waals surface area contributed by atoms with E-state index in [4.69, 9.17) is 23.2 Å². The Labute approximate surface area is 165 Å². The molecule has 5 nitrogen and oxygen atoms in total. The summed E-state index contributed by atoms with van der Waals surface area (Å²) < 4.78 is 0. The largest absolute Gasteiger partial charge is 0.341 e. The fourth-order valence-electron chi connectivity index (χ4n) is 3.27. The van der Waals surface area contributed by atoms with E-state index in [1.165, 1.54) is 19.3 Å². The lowest BCUT2D eigenvalue weighted by Crippen LogP contribution is -2.49. The Hall–Kier alpha value is -1.30. The molecule has 0 radical (unpaired) electrons. The Morgan fingerprint density at radius 1 is 1.15 bits per heavy atom. The lowest BCUT2D eigenvalue weighted by molar-refractivity contribution is -0.137. The van der Waals surface area contributed by atoms with E-state index in [9.17, 15) is 9.59 Å². The first kappa shape index (κ1) is 21.0. The zero-order chi connectivity index (χ0) is 19.3. The summed E-state index contributed by atoms with van der Waals surface area (Å²) in [7, 11) is 3.66. The quantitative estimate of drug-likeness (QED) is 0.784. The number of benzene rings is 1. The van der Waals surface area contributed by atoms with Crippen LogP contribution in [-0.2, 0) is 9.59 Å². The van der Waals surface area contributed by atoms with Crippen LogP contribution in [-0.4, -0.2) is 54.3 Å². The highest BCUT2D eigenvalue weighted by Crippen LogP contribution is 2.25. The molecule has 1 N–H and O–H groups in total. The van der Waals surface area contributed by atoms with Gasteiger partial charge in [0.2, 0.25) is 11.8 Å². The van der Waals surface area contributed by atoms with E-state index in [1.54, 1.807) is 30.1 Å². The van der Waals surface area contributed by atoms with Crippen molar-refractivity contribution in [3.63, 3.8) is 0 Å². The molecule has 0 unspecified atom stereocenters. The molecule has 144 valence electrons. The fraction of sp³-hybridized carbons (Fsp3) is 0.579. The van der Waals surface area contributed by atoms with Gasteiger partial charge in [0, 0.05) is 18.8 Å². The number of anilines is 1. The predicted octanol–water partition coefficient (Wildman–Crippen LogP) is 4.04. The summed E-state index contributed by atoms with van der Waals surface area (Å²) in [6, 6.07) is 4.89. The molecule has 1 aromatic rings. The molecule has 0 bridgehead atoms. The van der Waals surface area contributed by atoms with Gasteiger partial charge in [0.15, 0.2) is 0 Å². The van der Waals surface area contributed by atoms with Crippen molar-refractivity contribution < 1.29 is 9.59 Å². The smallest absolute Gasteiger partial charge is 0.239 e. The van der Waals surface area contributed by atoms with Crippen molar-refractivity contribution in [3.8, 4) is 0 Å². The highest BCUT2D eigenvalue weighted by atomic mass is 35.5. The van der Waals surface area contributed by atoms with Gasteiger partial charge in [0.1, 0.15) is 0 Å². The van der Waals surface area contributed by atoms with Crippen molar-refractivity contribution >= 4 is 40.7 Å². The van der Waals surface area contributed by atoms with E-state index in [0.29, 0.717) is 21.8 Å². The molecular weight excluding hydrogens is 373 g/mol. The minimum absolute atomic E-state index is 0.0572. The van der Waals surface area contributed by atoms with Crippen molar-refractivity contribution in [2.24, 2.45) is 0 Å². The molecule has 1 aliphatic rings. The van der Waals surface area contributed by atoms with Gasteiger partial charge in [0.25, 0.3) is 0 Å². The predicted molar refractivity (Wildman–Crippen MR) is 107 cm³/mol. The summed E-state index contributed by atoms with van der Waals surface area (Å²) in [6.07, 6.45) is 5.74. The maximum atomic E-state index is 12.7. The van der Waals surface area contributed by atoms with Crippen LogP contribution in [0.3, 0.4) is 0 Å². The third kappa shape index (κ3) is 5.60. The molecule has 2 amide bonds. The first-order chi connectivity index (χ1) is 12.3. The first-order valence-corrected chi connectivity index (χ1v) is 9.77. The summed E-state index contributed by atoms with van der Waals surface area (Å²) in [6.45, 7) is 1.96. The number of carbonyl (C=O) groups is 2. The van der Waals surface area contributed by atoms with Crippen molar-refractivity contribution in [1.82, 2.24) is 9.80 Å². The molecule has 7 heteroatoms. The van der Waals surface area contributed by atoms with Crippen LogP contribution in [0.4, 0.5) is 5.69 Å². The van der Waals surface area contributed by atoms with Crippen LogP contribution in [0.1, 0.15) is 39.0 Å². The normalized spacial score (nSPS) is 16.4. The van der Waals surface area contributed by atoms with Gasteiger partial charge >= 0.3 is 0 Å². The number of nitrogens with one attached hydrogen (secondary N) is 1. The highest BCUT2D eigenvalue weighted by Gasteiger charge is 2.28. The van der Waals surface area contributed by atoms with E-state index in [2.05, 4.69) is 5.32 Å². The minimum Gasteiger partial charge on any atom is -0.341 e. The van der Waals surface area contributed by atoms with Crippen molar-refractivity contribution in [2.45, 2.75) is 51.1 Å². The molecule has 0 spiro atoms. The Morgan fingerprint density at radius 3 is 2.42 bits per heavy atom. The zero-order valence-corrected chi connectivity index (χ0v) is 17.1. The number of rotatable bonds is 6. The maximum Gasteiger partial charge on any atom is 0.239 e. The molecule has 1 fully saturated rings. The maximum absolute atomic E-state index is 12.7. The number of hydrogen-bond acceptors (Lipinski definition) is 3. The fourth-order valence-corrected chi connectivity index (χ4v) is 3.57. The molecule has 0 aromatic heterocycles. The van der Waals surface area contributed by atoms with Gasteiger partial charge in [-0.3, -0.25) is 14.5 Å². The summed E-state index contributed by atoms with van der Waals surface area (Å²) >= 11 is 11.8. The van der Waals surface area contributed by atoms with Crippen LogP contribution in [0.15, 0.2) is 18.2 Å². The highest BCUT2D eigenvalue weighted by molar-refractivity contribution is 6.42. The van der Waals surface area contributed by atoms with Gasteiger partial charge < -0.3 is 10.2 Å². The van der Waals surface area contributed by atoms with E-state index in [-0.39, 0.29) is 24.4 Å². The molecular formula is C19H27Cl2N3O2. The number of nitrogens with zero attached hydrogens (tertiary/aromatic N) is 2. The summed E-state index contributed by atoms with van der Waals surface area (Å²) in [5.74, 6) is -0.146. The molecule has 1 aromatic carbocycles. The lowest BCUT2D eigenvalue weighted by atomic mass is 9.94. The molecule has 0 saturated heterocycles. The molecule has 1 aliphatic carbocycles. The Kier molecular flexibility index (Phi) is 7.74. The second-order valence-electron chi connectivity index (χ2n) is 7.01. The third-order valence-corrected chi connectivity index (χ3v) is 5.82. The number of likely N-dealkylation sites (N-methyl/N-ethyl adjacent to an activating group) is 2. The van der Waals surface area contributed by atoms with Crippen LogP contribution in [0, 0.1) is 0 Å². The molecule has 1 atom stereocenters. The molecule has 2 rings (SSSR count). The lowest BCUT2D eigenvalue weighted by Gasteiger charge is -2.35. The average molecular weight is 400 g/mol. The van der Waals surface area contributed by atoms with E-state index < -0.39 is 0 Å². The average Bonchev–Trinajstić information content (AvgIpc) is 2.63. The van der Waals surface area contributed by atoms with Crippen molar-refractivity contribution in [1.29, 1.82) is 0 Å². The molecule has 26 heavy (non-hydrogen) atoms. The second kappa shape index (κ2) is 9.58. The topological polar surface area (TPSA) is 52.7 Å². The van der Waals surface area contributed by atoms with Crippen molar-refractivity contribution in [3.05, 3.63) is 28.2 Å². The Balaban J connectivity index is 1.88. The van der Waals surface area contributed by atoms with E-state index in [0.717, 1.165) is 12.8 Å². The van der Waals surface area contributed by atoms with E-state index >= 15 is 0 Å². The summed E-state index contributed by atoms with van der Waals surface area (Å²) in [5.41, 5.74) is 0.580. The monoisotopic (exact) mass is 399 g/mol. The number of amides is 2. The van der Waals surface area contributed by atoms with Gasteiger partial charge in [-0.2, -0.15) is 0 Å². The van der Waals surface area contributed by atoms with Crippen LogP contribution < -0.4 is 5.32 Å².